The molecule has 0 unspecified atom stereocenters. The van der Waals surface area contributed by atoms with Crippen LogP contribution in [0.15, 0.2) is 43.1 Å². The van der Waals surface area contributed by atoms with E-state index in [4.69, 9.17) is 9.47 Å². The first-order valence-electron chi connectivity index (χ1n) is 12.2. The van der Waals surface area contributed by atoms with Crippen LogP contribution < -0.4 is 10.1 Å². The molecule has 6 heterocycles. The number of halogens is 1. The van der Waals surface area contributed by atoms with Crippen LogP contribution >= 0.6 is 0 Å². The van der Waals surface area contributed by atoms with E-state index >= 15 is 0 Å². The molecule has 1 saturated heterocycles. The fraction of sp³-hybridized carbons (Fsp3) is 0.320. The van der Waals surface area contributed by atoms with Crippen LogP contribution in [0.5, 0.6) is 5.75 Å². The Hall–Kier alpha value is -4.16. The van der Waals surface area contributed by atoms with Crippen molar-refractivity contribution >= 4 is 17.2 Å². The highest BCUT2D eigenvalue weighted by atomic mass is 19.1. The third kappa shape index (κ3) is 3.85. The maximum atomic E-state index is 14.6. The average Bonchev–Trinajstić information content (AvgIpc) is 3.70. The fourth-order valence-electron chi connectivity index (χ4n) is 5.09. The molecule has 188 valence electrons. The molecule has 7 rings (SSSR count). The summed E-state index contributed by atoms with van der Waals surface area (Å²) in [5, 5.41) is 16.2. The van der Waals surface area contributed by atoms with Gasteiger partial charge in [0.15, 0.2) is 11.3 Å². The Morgan fingerprint density at radius 2 is 1.92 bits per heavy atom. The number of fused-ring (bicyclic) bond motifs is 3. The lowest BCUT2D eigenvalue weighted by molar-refractivity contribution is 0.0334. The van der Waals surface area contributed by atoms with Gasteiger partial charge in [-0.05, 0) is 24.3 Å². The van der Waals surface area contributed by atoms with Crippen LogP contribution in [0.1, 0.15) is 16.8 Å². The van der Waals surface area contributed by atoms with E-state index in [2.05, 4.69) is 41.5 Å². The van der Waals surface area contributed by atoms with Crippen molar-refractivity contribution in [2.45, 2.75) is 19.5 Å². The first-order chi connectivity index (χ1) is 18.3. The lowest BCUT2D eigenvalue weighted by Gasteiger charge is -2.26. The number of pyridine rings is 1. The van der Waals surface area contributed by atoms with Crippen molar-refractivity contribution in [3.63, 3.8) is 0 Å². The molecular weight excluding hydrogens is 477 g/mol. The second-order valence-electron chi connectivity index (χ2n) is 9.10. The van der Waals surface area contributed by atoms with Gasteiger partial charge in [-0.3, -0.25) is 9.30 Å². The molecule has 2 aliphatic rings. The summed E-state index contributed by atoms with van der Waals surface area (Å²) in [6.45, 7) is 4.85. The Bertz CT molecular complexity index is 1610. The zero-order valence-electron chi connectivity index (χ0n) is 20.0. The molecule has 4 aromatic heterocycles. The number of hydrogen-bond donors (Lipinski definition) is 1. The summed E-state index contributed by atoms with van der Waals surface area (Å²) in [5.74, 6) is 0.992. The first kappa shape index (κ1) is 22.1. The second-order valence-corrected chi connectivity index (χ2v) is 9.10. The van der Waals surface area contributed by atoms with E-state index < -0.39 is 0 Å². The number of hydrogen-bond acceptors (Lipinski definition) is 9. The molecule has 0 amide bonds. The lowest BCUT2D eigenvalue weighted by Crippen LogP contribution is -2.36. The predicted molar refractivity (Wildman–Crippen MR) is 132 cm³/mol. The Kier molecular flexibility index (Phi) is 5.40. The van der Waals surface area contributed by atoms with Crippen molar-refractivity contribution in [2.75, 3.05) is 38.2 Å². The third-order valence-corrected chi connectivity index (χ3v) is 6.98. The van der Waals surface area contributed by atoms with Gasteiger partial charge in [-0.25, -0.2) is 18.9 Å². The zero-order chi connectivity index (χ0) is 24.8. The summed E-state index contributed by atoms with van der Waals surface area (Å²) in [7, 11) is 0. The van der Waals surface area contributed by atoms with Gasteiger partial charge < -0.3 is 14.8 Å². The quantitative estimate of drug-likeness (QED) is 0.375. The molecule has 0 aliphatic carbocycles. The molecule has 2 aliphatic heterocycles. The molecule has 0 bridgehead atoms. The van der Waals surface area contributed by atoms with Gasteiger partial charge in [-0.2, -0.15) is 5.10 Å². The molecule has 1 fully saturated rings. The maximum absolute atomic E-state index is 14.6. The molecule has 0 spiro atoms. The topological polar surface area (TPSA) is 107 Å². The van der Waals surface area contributed by atoms with Crippen LogP contribution in [0.2, 0.25) is 0 Å². The summed E-state index contributed by atoms with van der Waals surface area (Å²) < 4.78 is 29.3. The summed E-state index contributed by atoms with van der Waals surface area (Å²) >= 11 is 0. The van der Waals surface area contributed by atoms with Crippen LogP contribution in [0.4, 0.5) is 10.3 Å². The molecule has 11 nitrogen and oxygen atoms in total. The van der Waals surface area contributed by atoms with Crippen LogP contribution in [-0.2, 0) is 24.2 Å². The Balaban J connectivity index is 1.21. The van der Waals surface area contributed by atoms with Crippen molar-refractivity contribution < 1.29 is 13.9 Å². The smallest absolute Gasteiger partial charge is 0.210 e. The molecule has 0 atom stereocenters. The average molecular weight is 502 g/mol. The van der Waals surface area contributed by atoms with Gasteiger partial charge in [0.05, 0.1) is 25.5 Å². The van der Waals surface area contributed by atoms with E-state index in [1.807, 2.05) is 10.6 Å². The van der Waals surface area contributed by atoms with Gasteiger partial charge in [-0.1, -0.05) is 0 Å². The van der Waals surface area contributed by atoms with E-state index in [0.717, 1.165) is 66.6 Å². The highest BCUT2D eigenvalue weighted by Gasteiger charge is 2.21. The normalized spacial score (nSPS) is 15.8. The van der Waals surface area contributed by atoms with Gasteiger partial charge >= 0.3 is 0 Å². The van der Waals surface area contributed by atoms with Gasteiger partial charge in [0, 0.05) is 61.1 Å². The second kappa shape index (κ2) is 9.05. The van der Waals surface area contributed by atoms with Crippen molar-refractivity contribution in [3.8, 4) is 16.9 Å². The number of nitrogens with zero attached hydrogens (tertiary/aromatic N) is 8. The molecule has 1 N–H and O–H groups in total. The summed E-state index contributed by atoms with van der Waals surface area (Å²) in [6.07, 6.45) is 5.58. The lowest BCUT2D eigenvalue weighted by atomic mass is 10.0. The monoisotopic (exact) mass is 501 g/mol. The number of anilines is 1. The molecule has 5 aromatic rings. The third-order valence-electron chi connectivity index (χ3n) is 6.98. The van der Waals surface area contributed by atoms with E-state index in [-0.39, 0.29) is 12.4 Å². The highest BCUT2D eigenvalue weighted by Crippen LogP contribution is 2.32. The molecule has 0 saturated carbocycles. The maximum Gasteiger partial charge on any atom is 0.210 e. The number of ether oxygens (including phenoxy) is 2. The summed E-state index contributed by atoms with van der Waals surface area (Å²) in [5.41, 5.74) is 5.50. The van der Waals surface area contributed by atoms with Gasteiger partial charge in [0.25, 0.3) is 0 Å². The van der Waals surface area contributed by atoms with Crippen molar-refractivity contribution in [2.24, 2.45) is 0 Å². The number of nitrogens with one attached hydrogen (secondary N) is 1. The van der Waals surface area contributed by atoms with Crippen LogP contribution in [0.25, 0.3) is 22.4 Å². The fourth-order valence-corrected chi connectivity index (χ4v) is 5.09. The number of rotatable bonds is 6. The zero-order valence-corrected chi connectivity index (χ0v) is 20.0. The summed E-state index contributed by atoms with van der Waals surface area (Å²) in [6, 6.07) is 7.22. The standard InChI is InChI=1S/C25H24FN9O2/c26-21-3-4-22-17(5-8-37-22)19(21)11-27-25-28-12-20(24-32-30-15-34(24)25)18-2-1-16(35-23(18)29-14-31-35)13-33-6-9-36-10-7-33/h1-4,12,14-15H,5-11,13H2,(H,27,28). The van der Waals surface area contributed by atoms with Crippen LogP contribution in [0, 0.1) is 5.82 Å². The van der Waals surface area contributed by atoms with E-state index in [0.29, 0.717) is 30.2 Å². The van der Waals surface area contributed by atoms with Gasteiger partial charge in [0.2, 0.25) is 5.95 Å². The molecular formula is C25H24FN9O2. The predicted octanol–water partition coefficient (Wildman–Crippen LogP) is 2.35. The van der Waals surface area contributed by atoms with E-state index in [9.17, 15) is 4.39 Å². The van der Waals surface area contributed by atoms with Crippen LogP contribution in [0.3, 0.4) is 0 Å². The van der Waals surface area contributed by atoms with Gasteiger partial charge in [0.1, 0.15) is 24.2 Å². The Morgan fingerprint density at radius 1 is 1.00 bits per heavy atom. The molecule has 37 heavy (non-hydrogen) atoms. The minimum absolute atomic E-state index is 0.264. The SMILES string of the molecule is Fc1ccc2c(c1CNc1ncc(-c3ccc(CN4CCOCC4)n4ncnc34)c3nncn13)CCO2. The number of benzene rings is 1. The van der Waals surface area contributed by atoms with E-state index in [1.54, 1.807) is 29.3 Å². The molecule has 0 radical (unpaired) electrons. The van der Waals surface area contributed by atoms with Crippen molar-refractivity contribution in [1.29, 1.82) is 0 Å². The highest BCUT2D eigenvalue weighted by molar-refractivity contribution is 5.86. The summed E-state index contributed by atoms with van der Waals surface area (Å²) in [4.78, 5) is 11.5. The largest absolute Gasteiger partial charge is 0.493 e. The van der Waals surface area contributed by atoms with Gasteiger partial charge in [-0.15, -0.1) is 10.2 Å². The minimum Gasteiger partial charge on any atom is -0.493 e. The van der Waals surface area contributed by atoms with Crippen LogP contribution in [-0.4, -0.2) is 72.0 Å². The number of aromatic nitrogens is 7. The number of morpholine rings is 1. The van der Waals surface area contributed by atoms with Crippen molar-refractivity contribution in [3.05, 3.63) is 65.8 Å². The molecule has 1 aromatic carbocycles. The Labute approximate surface area is 210 Å². The van der Waals surface area contributed by atoms with Crippen molar-refractivity contribution in [1.82, 2.24) is 39.1 Å². The minimum atomic E-state index is -0.264. The van der Waals surface area contributed by atoms with E-state index in [1.165, 1.54) is 6.07 Å². The first-order valence-corrected chi connectivity index (χ1v) is 12.2. The Morgan fingerprint density at radius 3 is 2.84 bits per heavy atom. The molecule has 12 heteroatoms.